The fraction of sp³-hybridized carbons (Fsp3) is 0.200. The van der Waals surface area contributed by atoms with Crippen LogP contribution in [0.4, 0.5) is 17.6 Å². The Morgan fingerprint density at radius 2 is 1.76 bits per heavy atom. The van der Waals surface area contributed by atoms with E-state index in [-0.39, 0.29) is 11.1 Å². The number of hydrogen-bond acceptors (Lipinski definition) is 2. The van der Waals surface area contributed by atoms with Crippen LogP contribution in [0.5, 0.6) is 0 Å². The monoisotopic (exact) mass is 298 g/mol. The molecule has 2 rings (SSSR count). The van der Waals surface area contributed by atoms with Crippen LogP contribution in [0.3, 0.4) is 0 Å². The van der Waals surface area contributed by atoms with Gasteiger partial charge in [0.1, 0.15) is 5.82 Å². The molecule has 2 nitrogen and oxygen atoms in total. The Labute approximate surface area is 119 Å². The van der Waals surface area contributed by atoms with E-state index < -0.39 is 23.6 Å². The molecule has 21 heavy (non-hydrogen) atoms. The summed E-state index contributed by atoms with van der Waals surface area (Å²) in [4.78, 5) is 0. The van der Waals surface area contributed by atoms with Crippen molar-refractivity contribution in [3.8, 4) is 0 Å². The van der Waals surface area contributed by atoms with Crippen LogP contribution in [0.2, 0.25) is 0 Å². The van der Waals surface area contributed by atoms with E-state index in [1.54, 1.807) is 19.1 Å². The second-order valence-corrected chi connectivity index (χ2v) is 4.70. The van der Waals surface area contributed by atoms with Crippen molar-refractivity contribution < 1.29 is 17.6 Å². The van der Waals surface area contributed by atoms with Gasteiger partial charge < -0.3 is 0 Å². The van der Waals surface area contributed by atoms with Gasteiger partial charge in [-0.15, -0.1) is 0 Å². The third kappa shape index (κ3) is 3.22. The van der Waals surface area contributed by atoms with Crippen LogP contribution in [0.15, 0.2) is 42.5 Å². The molecule has 112 valence electrons. The average molecular weight is 298 g/mol. The summed E-state index contributed by atoms with van der Waals surface area (Å²) in [5.41, 5.74) is 2.43. The van der Waals surface area contributed by atoms with Gasteiger partial charge in [0.2, 0.25) is 0 Å². The maximum absolute atomic E-state index is 14.1. The second-order valence-electron chi connectivity index (χ2n) is 4.70. The molecule has 0 fully saturated rings. The minimum absolute atomic E-state index is 0.205. The summed E-state index contributed by atoms with van der Waals surface area (Å²) < 4.78 is 52.4. The van der Waals surface area contributed by atoms with E-state index >= 15 is 0 Å². The van der Waals surface area contributed by atoms with Gasteiger partial charge in [-0.3, -0.25) is 5.84 Å². The standard InChI is InChI=1S/C15H14F4N2/c1-9-4-2-7-12(13(9)16)14(21-20)10-5-3-6-11(8-10)15(17,18)19/h2-8,14,21H,20H2,1H3. The number of hydrazine groups is 1. The number of nitrogens with two attached hydrogens (primary N) is 1. The molecule has 0 radical (unpaired) electrons. The van der Waals surface area contributed by atoms with Gasteiger partial charge in [-0.1, -0.05) is 30.3 Å². The molecule has 0 heterocycles. The molecule has 3 N–H and O–H groups in total. The molecular weight excluding hydrogens is 284 g/mol. The highest BCUT2D eigenvalue weighted by Gasteiger charge is 2.31. The van der Waals surface area contributed by atoms with Gasteiger partial charge in [0.15, 0.2) is 0 Å². The summed E-state index contributed by atoms with van der Waals surface area (Å²) in [7, 11) is 0. The molecule has 1 atom stereocenters. The van der Waals surface area contributed by atoms with Crippen LogP contribution >= 0.6 is 0 Å². The Balaban J connectivity index is 2.49. The summed E-state index contributed by atoms with van der Waals surface area (Å²) in [6.07, 6.45) is -4.46. The fourth-order valence-electron chi connectivity index (χ4n) is 2.15. The molecular formula is C15H14F4N2. The third-order valence-corrected chi connectivity index (χ3v) is 3.25. The normalized spacial score (nSPS) is 13.2. The molecule has 0 aromatic heterocycles. The highest BCUT2D eigenvalue weighted by molar-refractivity contribution is 5.37. The quantitative estimate of drug-likeness (QED) is 0.515. The molecule has 2 aromatic carbocycles. The van der Waals surface area contributed by atoms with E-state index in [1.165, 1.54) is 18.2 Å². The average Bonchev–Trinajstić information content (AvgIpc) is 2.44. The first-order valence-electron chi connectivity index (χ1n) is 6.23. The maximum atomic E-state index is 14.1. The van der Waals surface area contributed by atoms with Crippen LogP contribution in [0.1, 0.15) is 28.3 Å². The first-order valence-corrected chi connectivity index (χ1v) is 6.23. The van der Waals surface area contributed by atoms with E-state index in [4.69, 9.17) is 5.84 Å². The van der Waals surface area contributed by atoms with Crippen molar-refractivity contribution in [2.24, 2.45) is 5.84 Å². The molecule has 1 unspecified atom stereocenters. The summed E-state index contributed by atoms with van der Waals surface area (Å²) in [5.74, 6) is 4.93. The van der Waals surface area contributed by atoms with Gasteiger partial charge in [0.25, 0.3) is 0 Å². The number of halogens is 4. The number of nitrogens with one attached hydrogen (secondary N) is 1. The van der Waals surface area contributed by atoms with Gasteiger partial charge in [0.05, 0.1) is 11.6 Å². The Kier molecular flexibility index (Phi) is 4.29. The van der Waals surface area contributed by atoms with Gasteiger partial charge in [-0.2, -0.15) is 13.2 Å². The molecule has 0 saturated heterocycles. The predicted octanol–water partition coefficient (Wildman–Crippen LogP) is 3.71. The van der Waals surface area contributed by atoms with E-state index in [1.807, 2.05) is 0 Å². The number of alkyl halides is 3. The molecule has 0 saturated carbocycles. The van der Waals surface area contributed by atoms with Crippen molar-refractivity contribution in [1.82, 2.24) is 5.43 Å². The first kappa shape index (κ1) is 15.5. The van der Waals surface area contributed by atoms with Crippen LogP contribution in [0, 0.1) is 12.7 Å². The smallest absolute Gasteiger partial charge is 0.271 e. The summed E-state index contributed by atoms with van der Waals surface area (Å²) in [6, 6.07) is 8.53. The zero-order chi connectivity index (χ0) is 15.6. The number of rotatable bonds is 3. The zero-order valence-electron chi connectivity index (χ0n) is 11.2. The number of hydrogen-bond donors (Lipinski definition) is 2. The van der Waals surface area contributed by atoms with Crippen molar-refractivity contribution in [1.29, 1.82) is 0 Å². The van der Waals surface area contributed by atoms with Crippen LogP contribution < -0.4 is 11.3 Å². The predicted molar refractivity (Wildman–Crippen MR) is 71.7 cm³/mol. The van der Waals surface area contributed by atoms with E-state index in [9.17, 15) is 17.6 Å². The SMILES string of the molecule is Cc1cccc(C(NN)c2cccc(C(F)(F)F)c2)c1F. The van der Waals surface area contributed by atoms with Crippen LogP contribution in [-0.4, -0.2) is 0 Å². The Hall–Kier alpha value is -1.92. The van der Waals surface area contributed by atoms with Crippen molar-refractivity contribution in [2.45, 2.75) is 19.1 Å². The molecule has 0 amide bonds. The largest absolute Gasteiger partial charge is 0.416 e. The lowest BCUT2D eigenvalue weighted by Gasteiger charge is -2.19. The minimum Gasteiger partial charge on any atom is -0.271 e. The molecule has 0 aliphatic heterocycles. The van der Waals surface area contributed by atoms with Gasteiger partial charge in [-0.05, 0) is 30.2 Å². The van der Waals surface area contributed by atoms with Crippen molar-refractivity contribution in [3.63, 3.8) is 0 Å². The summed E-state index contributed by atoms with van der Waals surface area (Å²) >= 11 is 0. The van der Waals surface area contributed by atoms with Crippen molar-refractivity contribution in [3.05, 3.63) is 70.5 Å². The third-order valence-electron chi connectivity index (χ3n) is 3.25. The highest BCUT2D eigenvalue weighted by Crippen LogP contribution is 2.32. The molecule has 0 spiro atoms. The highest BCUT2D eigenvalue weighted by atomic mass is 19.4. The van der Waals surface area contributed by atoms with Crippen LogP contribution in [-0.2, 0) is 6.18 Å². The molecule has 0 aliphatic carbocycles. The second kappa shape index (κ2) is 5.83. The topological polar surface area (TPSA) is 38.0 Å². The van der Waals surface area contributed by atoms with Gasteiger partial charge in [0, 0.05) is 5.56 Å². The number of aryl methyl sites for hydroxylation is 1. The Morgan fingerprint density at radius 3 is 2.38 bits per heavy atom. The van der Waals surface area contributed by atoms with E-state index in [0.29, 0.717) is 5.56 Å². The van der Waals surface area contributed by atoms with E-state index in [0.717, 1.165) is 12.1 Å². The number of benzene rings is 2. The first-order chi connectivity index (χ1) is 9.84. The van der Waals surface area contributed by atoms with Gasteiger partial charge in [-0.25, -0.2) is 9.82 Å². The summed E-state index contributed by atoms with van der Waals surface area (Å²) in [5, 5.41) is 0. The molecule has 0 aliphatic rings. The van der Waals surface area contributed by atoms with Crippen molar-refractivity contribution >= 4 is 0 Å². The lowest BCUT2D eigenvalue weighted by Crippen LogP contribution is -2.30. The van der Waals surface area contributed by atoms with Gasteiger partial charge >= 0.3 is 6.18 Å². The molecule has 2 aromatic rings. The molecule has 0 bridgehead atoms. The van der Waals surface area contributed by atoms with E-state index in [2.05, 4.69) is 5.43 Å². The fourth-order valence-corrected chi connectivity index (χ4v) is 2.15. The Bertz CT molecular complexity index is 638. The minimum atomic E-state index is -4.46. The maximum Gasteiger partial charge on any atom is 0.416 e. The Morgan fingerprint density at radius 1 is 1.10 bits per heavy atom. The molecule has 6 heteroatoms. The summed E-state index contributed by atoms with van der Waals surface area (Å²) in [6.45, 7) is 1.58. The lowest BCUT2D eigenvalue weighted by atomic mass is 9.96. The lowest BCUT2D eigenvalue weighted by molar-refractivity contribution is -0.137. The van der Waals surface area contributed by atoms with Crippen molar-refractivity contribution in [2.75, 3.05) is 0 Å². The zero-order valence-corrected chi connectivity index (χ0v) is 11.2. The van der Waals surface area contributed by atoms with Crippen LogP contribution in [0.25, 0.3) is 0 Å².